The summed E-state index contributed by atoms with van der Waals surface area (Å²) in [5, 5.41) is 5.30. The Morgan fingerprint density at radius 2 is 2.17 bits per heavy atom. The Bertz CT molecular complexity index is 776. The lowest BCUT2D eigenvalue weighted by Crippen LogP contribution is -2.35. The Kier molecular flexibility index (Phi) is 4.94. The first-order chi connectivity index (χ1) is 11.1. The fourth-order valence-electron chi connectivity index (χ4n) is 2.97. The van der Waals surface area contributed by atoms with Crippen molar-refractivity contribution in [2.24, 2.45) is 0 Å². The zero-order valence-electron chi connectivity index (χ0n) is 13.4. The smallest absolute Gasteiger partial charge is 0.243 e. The molecule has 6 heteroatoms. The van der Waals surface area contributed by atoms with E-state index >= 15 is 0 Å². The molecule has 2 aromatic rings. The van der Waals surface area contributed by atoms with E-state index in [0.29, 0.717) is 18.0 Å². The van der Waals surface area contributed by atoms with E-state index in [4.69, 9.17) is 0 Å². The quantitative estimate of drug-likeness (QED) is 0.825. The van der Waals surface area contributed by atoms with Crippen LogP contribution in [-0.2, 0) is 10.0 Å². The number of hydrogen-bond acceptors (Lipinski definition) is 4. The van der Waals surface area contributed by atoms with Crippen molar-refractivity contribution < 1.29 is 8.42 Å². The molecule has 0 spiro atoms. The van der Waals surface area contributed by atoms with Gasteiger partial charge in [0.15, 0.2) is 0 Å². The van der Waals surface area contributed by atoms with Gasteiger partial charge in [0.1, 0.15) is 0 Å². The molecule has 1 aliphatic heterocycles. The molecule has 0 saturated carbocycles. The molecule has 0 aliphatic carbocycles. The highest BCUT2D eigenvalue weighted by atomic mass is 32.2. The summed E-state index contributed by atoms with van der Waals surface area (Å²) >= 11 is 0. The largest absolute Gasteiger partial charge is 0.313 e. The minimum atomic E-state index is -3.42. The molecule has 1 fully saturated rings. The third kappa shape index (κ3) is 3.54. The number of benzene rings is 1. The van der Waals surface area contributed by atoms with Crippen molar-refractivity contribution in [3.05, 3.63) is 36.7 Å². The highest BCUT2D eigenvalue weighted by Gasteiger charge is 2.32. The van der Waals surface area contributed by atoms with E-state index in [0.717, 1.165) is 36.6 Å². The fraction of sp³-hybridized carbons (Fsp3) is 0.471. The number of rotatable bonds is 6. The maximum atomic E-state index is 12.8. The van der Waals surface area contributed by atoms with Gasteiger partial charge in [-0.1, -0.05) is 19.4 Å². The molecule has 0 unspecified atom stereocenters. The van der Waals surface area contributed by atoms with Crippen LogP contribution in [0.15, 0.2) is 41.6 Å². The first-order valence-corrected chi connectivity index (χ1v) is 9.62. The maximum absolute atomic E-state index is 12.8. The molecule has 1 N–H and O–H groups in total. The van der Waals surface area contributed by atoms with Crippen molar-refractivity contribution in [2.45, 2.75) is 37.1 Å². The van der Waals surface area contributed by atoms with E-state index in [2.05, 4.69) is 17.2 Å². The van der Waals surface area contributed by atoms with Crippen molar-refractivity contribution in [1.82, 2.24) is 14.6 Å². The van der Waals surface area contributed by atoms with Gasteiger partial charge in [-0.05, 0) is 43.0 Å². The number of fused-ring (bicyclic) bond motifs is 1. The summed E-state index contributed by atoms with van der Waals surface area (Å²) < 4.78 is 27.3. The molecule has 0 radical (unpaired) electrons. The Morgan fingerprint density at radius 1 is 1.30 bits per heavy atom. The Morgan fingerprint density at radius 3 is 3.00 bits per heavy atom. The van der Waals surface area contributed by atoms with Crippen LogP contribution in [0.25, 0.3) is 10.8 Å². The summed E-state index contributed by atoms with van der Waals surface area (Å²) in [6.07, 6.45) is 6.58. The fourth-order valence-corrected chi connectivity index (χ4v) is 4.50. The molecule has 1 saturated heterocycles. The van der Waals surface area contributed by atoms with Crippen molar-refractivity contribution in [3.63, 3.8) is 0 Å². The number of nitrogens with zero attached hydrogens (tertiary/aromatic N) is 2. The van der Waals surface area contributed by atoms with Gasteiger partial charge in [-0.2, -0.15) is 4.31 Å². The Balaban J connectivity index is 1.75. The van der Waals surface area contributed by atoms with Gasteiger partial charge >= 0.3 is 0 Å². The summed E-state index contributed by atoms with van der Waals surface area (Å²) in [7, 11) is -3.42. The molecule has 1 aromatic carbocycles. The topological polar surface area (TPSA) is 62.3 Å². The van der Waals surface area contributed by atoms with Crippen LogP contribution in [0.3, 0.4) is 0 Å². The SMILES string of the molecule is CCCCN[C@H]1CCN(S(=O)(=O)c2ccc3cnccc3c2)C1. The van der Waals surface area contributed by atoms with Gasteiger partial charge in [0.05, 0.1) is 4.90 Å². The molecule has 124 valence electrons. The van der Waals surface area contributed by atoms with E-state index in [-0.39, 0.29) is 6.04 Å². The van der Waals surface area contributed by atoms with E-state index in [1.807, 2.05) is 12.1 Å². The molecule has 1 atom stereocenters. The standard InChI is InChI=1S/C17H23N3O2S/c1-2-3-8-19-16-7-10-20(13-16)23(21,22)17-5-4-15-12-18-9-6-14(15)11-17/h4-6,9,11-12,16,19H,2-3,7-8,10,13H2,1H3/t16-/m0/s1. The lowest BCUT2D eigenvalue weighted by atomic mass is 10.2. The number of pyridine rings is 1. The van der Waals surface area contributed by atoms with E-state index < -0.39 is 10.0 Å². The molecule has 0 bridgehead atoms. The summed E-state index contributed by atoms with van der Waals surface area (Å²) in [6.45, 7) is 4.25. The van der Waals surface area contributed by atoms with Crippen LogP contribution in [0.4, 0.5) is 0 Å². The number of unbranched alkanes of at least 4 members (excludes halogenated alkanes) is 1. The zero-order valence-corrected chi connectivity index (χ0v) is 14.2. The molecule has 3 rings (SSSR count). The van der Waals surface area contributed by atoms with E-state index in [9.17, 15) is 8.42 Å². The normalized spacial score (nSPS) is 19.4. The molecule has 23 heavy (non-hydrogen) atoms. The van der Waals surface area contributed by atoms with Crippen LogP contribution in [0.1, 0.15) is 26.2 Å². The Hall–Kier alpha value is -1.50. The summed E-state index contributed by atoms with van der Waals surface area (Å²) in [4.78, 5) is 4.43. The second-order valence-corrected chi connectivity index (χ2v) is 7.98. The number of sulfonamides is 1. The predicted octanol–water partition coefficient (Wildman–Crippen LogP) is 2.39. The van der Waals surface area contributed by atoms with Crippen molar-refractivity contribution in [2.75, 3.05) is 19.6 Å². The minimum Gasteiger partial charge on any atom is -0.313 e. The van der Waals surface area contributed by atoms with Crippen molar-refractivity contribution >= 4 is 20.8 Å². The third-order valence-electron chi connectivity index (χ3n) is 4.36. The zero-order chi connectivity index (χ0) is 16.3. The molecule has 1 aromatic heterocycles. The van der Waals surface area contributed by atoms with E-state index in [1.165, 1.54) is 0 Å². The second-order valence-electron chi connectivity index (χ2n) is 6.04. The average molecular weight is 333 g/mol. The first kappa shape index (κ1) is 16.4. The minimum absolute atomic E-state index is 0.265. The van der Waals surface area contributed by atoms with Crippen molar-refractivity contribution in [1.29, 1.82) is 0 Å². The van der Waals surface area contributed by atoms with Gasteiger partial charge < -0.3 is 5.32 Å². The molecule has 5 nitrogen and oxygen atoms in total. The van der Waals surface area contributed by atoms with Gasteiger partial charge in [0, 0.05) is 36.9 Å². The van der Waals surface area contributed by atoms with Gasteiger partial charge in [-0.3, -0.25) is 4.98 Å². The van der Waals surface area contributed by atoms with Crippen LogP contribution in [0, 0.1) is 0 Å². The lowest BCUT2D eigenvalue weighted by Gasteiger charge is -2.17. The summed E-state index contributed by atoms with van der Waals surface area (Å²) in [6, 6.07) is 7.35. The number of hydrogen-bond donors (Lipinski definition) is 1. The monoisotopic (exact) mass is 333 g/mol. The van der Waals surface area contributed by atoms with Gasteiger partial charge in [0.25, 0.3) is 0 Å². The molecule has 1 aliphatic rings. The molecular weight excluding hydrogens is 310 g/mol. The number of aromatic nitrogens is 1. The average Bonchev–Trinajstić information content (AvgIpc) is 3.04. The molecule has 0 amide bonds. The number of nitrogens with one attached hydrogen (secondary N) is 1. The predicted molar refractivity (Wildman–Crippen MR) is 91.8 cm³/mol. The van der Waals surface area contributed by atoms with Crippen LogP contribution in [-0.4, -0.2) is 43.4 Å². The van der Waals surface area contributed by atoms with E-state index in [1.54, 1.807) is 28.8 Å². The summed E-state index contributed by atoms with van der Waals surface area (Å²) in [5.74, 6) is 0. The summed E-state index contributed by atoms with van der Waals surface area (Å²) in [5.41, 5.74) is 0. The lowest BCUT2D eigenvalue weighted by molar-refractivity contribution is 0.455. The van der Waals surface area contributed by atoms with Crippen LogP contribution >= 0.6 is 0 Å². The second kappa shape index (κ2) is 6.95. The first-order valence-electron chi connectivity index (χ1n) is 8.18. The third-order valence-corrected chi connectivity index (χ3v) is 6.23. The van der Waals surface area contributed by atoms with Gasteiger partial charge in [-0.15, -0.1) is 0 Å². The van der Waals surface area contributed by atoms with Gasteiger partial charge in [0.2, 0.25) is 10.0 Å². The highest BCUT2D eigenvalue weighted by molar-refractivity contribution is 7.89. The van der Waals surface area contributed by atoms with Crippen LogP contribution < -0.4 is 5.32 Å². The van der Waals surface area contributed by atoms with Crippen LogP contribution in [0.2, 0.25) is 0 Å². The van der Waals surface area contributed by atoms with Crippen molar-refractivity contribution in [3.8, 4) is 0 Å². The van der Waals surface area contributed by atoms with Crippen LogP contribution in [0.5, 0.6) is 0 Å². The van der Waals surface area contributed by atoms with Gasteiger partial charge in [-0.25, -0.2) is 8.42 Å². The maximum Gasteiger partial charge on any atom is 0.243 e. The molecular formula is C17H23N3O2S. The highest BCUT2D eigenvalue weighted by Crippen LogP contribution is 2.24. The molecule has 2 heterocycles. The Labute approximate surface area is 137 Å².